The largest absolute Gasteiger partial charge is 0.391 e. The number of halogens is 1. The third kappa shape index (κ3) is 3.79. The van der Waals surface area contributed by atoms with E-state index in [1.165, 1.54) is 6.20 Å². The van der Waals surface area contributed by atoms with Gasteiger partial charge in [0.15, 0.2) is 5.65 Å². The molecule has 0 radical (unpaired) electrons. The highest BCUT2D eigenvalue weighted by Gasteiger charge is 2.31. The zero-order valence-corrected chi connectivity index (χ0v) is 19.9. The lowest BCUT2D eigenvalue weighted by Gasteiger charge is -2.27. The molecule has 188 valence electrons. The Labute approximate surface area is 206 Å². The molecule has 2 fully saturated rings. The zero-order valence-electron chi connectivity index (χ0n) is 19.9. The van der Waals surface area contributed by atoms with E-state index in [0.29, 0.717) is 47.8 Å². The number of fused-ring (bicyclic) bond motifs is 2. The smallest absolute Gasteiger partial charge is 0.257 e. The van der Waals surface area contributed by atoms with Crippen molar-refractivity contribution in [1.82, 2.24) is 29.5 Å². The van der Waals surface area contributed by atoms with Crippen molar-refractivity contribution in [2.75, 3.05) is 25.6 Å². The molecule has 11 heteroatoms. The summed E-state index contributed by atoms with van der Waals surface area (Å²) >= 11 is 0. The van der Waals surface area contributed by atoms with Crippen LogP contribution in [0.3, 0.4) is 0 Å². The van der Waals surface area contributed by atoms with Crippen molar-refractivity contribution < 1.29 is 19.0 Å². The standard InChI is InChI=1S/C25H28FN7O3/c1-27-22-10-19(30-24-15(11-29-33(22)24)25(35)31-18-5-2-6-21(18)34)16-12-32(20-7-9-36-13-17(20)26)23-14(16)4-3-8-28-23/h3-4,8,10-12,17-18,20-21,27,34H,2,5-7,9,13H2,1H3,(H,31,35)/t17-,18+,20+,21-/m1/s1. The third-order valence-electron chi connectivity index (χ3n) is 7.24. The summed E-state index contributed by atoms with van der Waals surface area (Å²) in [7, 11) is 1.77. The number of nitrogens with one attached hydrogen (secondary N) is 2. The van der Waals surface area contributed by atoms with E-state index in [2.05, 4.69) is 20.7 Å². The van der Waals surface area contributed by atoms with E-state index in [0.717, 1.165) is 23.8 Å². The van der Waals surface area contributed by atoms with Crippen LogP contribution >= 0.6 is 0 Å². The van der Waals surface area contributed by atoms with Gasteiger partial charge in [0.25, 0.3) is 5.91 Å². The number of hydrogen-bond acceptors (Lipinski definition) is 7. The van der Waals surface area contributed by atoms with Crippen LogP contribution in [0.2, 0.25) is 0 Å². The Bertz CT molecular complexity index is 1430. The molecule has 2 aliphatic rings. The van der Waals surface area contributed by atoms with Gasteiger partial charge in [-0.15, -0.1) is 0 Å². The molecule has 36 heavy (non-hydrogen) atoms. The number of pyridine rings is 1. The number of nitrogens with zero attached hydrogens (tertiary/aromatic N) is 5. The predicted molar refractivity (Wildman–Crippen MR) is 132 cm³/mol. The van der Waals surface area contributed by atoms with Gasteiger partial charge in [-0.05, 0) is 37.8 Å². The maximum Gasteiger partial charge on any atom is 0.257 e. The quantitative estimate of drug-likeness (QED) is 0.391. The molecule has 4 atom stereocenters. The van der Waals surface area contributed by atoms with Crippen LogP contribution in [0.25, 0.3) is 27.9 Å². The number of aromatic nitrogens is 5. The van der Waals surface area contributed by atoms with Gasteiger partial charge in [-0.2, -0.15) is 9.61 Å². The number of aliphatic hydroxyl groups is 1. The fourth-order valence-electron chi connectivity index (χ4n) is 5.34. The second-order valence-corrected chi connectivity index (χ2v) is 9.42. The summed E-state index contributed by atoms with van der Waals surface area (Å²) in [5.74, 6) is 0.323. The van der Waals surface area contributed by atoms with Gasteiger partial charge in [0.2, 0.25) is 0 Å². The van der Waals surface area contributed by atoms with Crippen molar-refractivity contribution >= 4 is 28.4 Å². The second kappa shape index (κ2) is 9.14. The Morgan fingerprint density at radius 2 is 2.17 bits per heavy atom. The molecule has 1 saturated heterocycles. The Morgan fingerprint density at radius 3 is 2.94 bits per heavy atom. The summed E-state index contributed by atoms with van der Waals surface area (Å²) in [6.45, 7) is 0.551. The molecule has 1 amide bonds. The highest BCUT2D eigenvalue weighted by Crippen LogP contribution is 2.35. The van der Waals surface area contributed by atoms with Gasteiger partial charge >= 0.3 is 0 Å². The molecule has 3 N–H and O–H groups in total. The Kier molecular flexibility index (Phi) is 5.81. The van der Waals surface area contributed by atoms with Crippen molar-refractivity contribution in [3.05, 3.63) is 42.4 Å². The van der Waals surface area contributed by atoms with E-state index >= 15 is 0 Å². The summed E-state index contributed by atoms with van der Waals surface area (Å²) in [6, 6.07) is 4.97. The molecule has 5 heterocycles. The van der Waals surface area contributed by atoms with Crippen LogP contribution in [0.4, 0.5) is 10.2 Å². The van der Waals surface area contributed by atoms with E-state index in [1.807, 2.05) is 29.0 Å². The fraction of sp³-hybridized carbons (Fsp3) is 0.440. The second-order valence-electron chi connectivity index (χ2n) is 9.42. The van der Waals surface area contributed by atoms with E-state index < -0.39 is 12.3 Å². The number of carbonyl (C=O) groups excluding carboxylic acids is 1. The number of alkyl halides is 1. The zero-order chi connectivity index (χ0) is 24.8. The van der Waals surface area contributed by atoms with Gasteiger partial charge in [0, 0.05) is 43.1 Å². The van der Waals surface area contributed by atoms with Crippen molar-refractivity contribution in [2.45, 2.75) is 50.0 Å². The van der Waals surface area contributed by atoms with Crippen LogP contribution in [-0.2, 0) is 4.74 Å². The van der Waals surface area contributed by atoms with Crippen LogP contribution in [-0.4, -0.2) is 73.7 Å². The molecule has 0 aromatic carbocycles. The minimum atomic E-state index is -1.14. The molecule has 1 aliphatic heterocycles. The molecule has 0 spiro atoms. The first-order valence-electron chi connectivity index (χ1n) is 12.3. The van der Waals surface area contributed by atoms with Gasteiger partial charge in [-0.25, -0.2) is 14.4 Å². The Balaban J connectivity index is 1.46. The number of rotatable bonds is 5. The van der Waals surface area contributed by atoms with Gasteiger partial charge in [-0.3, -0.25) is 4.79 Å². The number of carbonyl (C=O) groups is 1. The Morgan fingerprint density at radius 1 is 1.28 bits per heavy atom. The van der Waals surface area contributed by atoms with Crippen LogP contribution < -0.4 is 10.6 Å². The van der Waals surface area contributed by atoms with Crippen molar-refractivity contribution in [3.63, 3.8) is 0 Å². The minimum absolute atomic E-state index is 0.0601. The van der Waals surface area contributed by atoms with Crippen LogP contribution in [0.5, 0.6) is 0 Å². The highest BCUT2D eigenvalue weighted by atomic mass is 19.1. The average molecular weight is 494 g/mol. The van der Waals surface area contributed by atoms with Crippen LogP contribution in [0.15, 0.2) is 36.8 Å². The first-order chi connectivity index (χ1) is 17.5. The normalized spacial score (nSPS) is 24.4. The van der Waals surface area contributed by atoms with Gasteiger partial charge < -0.3 is 25.0 Å². The Hall–Kier alpha value is -3.57. The van der Waals surface area contributed by atoms with Crippen LogP contribution in [0.1, 0.15) is 42.1 Å². The van der Waals surface area contributed by atoms with Crippen molar-refractivity contribution in [3.8, 4) is 11.3 Å². The van der Waals surface area contributed by atoms with Gasteiger partial charge in [0.05, 0.1) is 36.7 Å². The monoisotopic (exact) mass is 493 g/mol. The lowest BCUT2D eigenvalue weighted by molar-refractivity contribution is 0.00443. The topological polar surface area (TPSA) is 119 Å². The van der Waals surface area contributed by atoms with E-state index in [9.17, 15) is 14.3 Å². The maximum atomic E-state index is 14.8. The molecular formula is C25H28FN7O3. The first kappa shape index (κ1) is 22.9. The molecule has 10 nitrogen and oxygen atoms in total. The van der Waals surface area contributed by atoms with Gasteiger partial charge in [-0.1, -0.05) is 0 Å². The summed E-state index contributed by atoms with van der Waals surface area (Å²) in [5, 5.41) is 21.4. The number of amides is 1. The molecule has 0 unspecified atom stereocenters. The third-order valence-corrected chi connectivity index (χ3v) is 7.24. The molecule has 4 aromatic rings. The summed E-state index contributed by atoms with van der Waals surface area (Å²) in [6.07, 6.45) is 6.24. The number of hydrogen-bond donors (Lipinski definition) is 3. The SMILES string of the molecule is CNc1cc(-c2cn([C@H]3CCOC[C@H]3F)c3ncccc23)nc2c(C(=O)N[C@H]3CCC[C@H]3O)cnn12. The summed E-state index contributed by atoms with van der Waals surface area (Å²) < 4.78 is 23.6. The predicted octanol–water partition coefficient (Wildman–Crippen LogP) is 2.73. The number of ether oxygens (including phenoxy) is 1. The lowest BCUT2D eigenvalue weighted by atomic mass is 10.1. The molecule has 6 rings (SSSR count). The summed E-state index contributed by atoms with van der Waals surface area (Å²) in [4.78, 5) is 22.5. The van der Waals surface area contributed by atoms with Crippen molar-refractivity contribution in [1.29, 1.82) is 0 Å². The maximum absolute atomic E-state index is 14.8. The number of aliphatic hydroxyl groups excluding tert-OH is 1. The molecule has 4 aromatic heterocycles. The average Bonchev–Trinajstić information content (AvgIpc) is 3.61. The molecular weight excluding hydrogens is 465 g/mol. The van der Waals surface area contributed by atoms with Crippen LogP contribution in [0, 0.1) is 0 Å². The fourth-order valence-corrected chi connectivity index (χ4v) is 5.34. The molecule has 1 saturated carbocycles. The highest BCUT2D eigenvalue weighted by molar-refractivity contribution is 6.01. The van der Waals surface area contributed by atoms with Crippen molar-refractivity contribution in [2.24, 2.45) is 0 Å². The lowest BCUT2D eigenvalue weighted by Crippen LogP contribution is -2.39. The minimum Gasteiger partial charge on any atom is -0.391 e. The number of anilines is 1. The first-order valence-corrected chi connectivity index (χ1v) is 12.3. The molecule has 1 aliphatic carbocycles. The van der Waals surface area contributed by atoms with E-state index in [4.69, 9.17) is 9.72 Å². The van der Waals surface area contributed by atoms with E-state index in [-0.39, 0.29) is 24.6 Å². The molecule has 0 bridgehead atoms. The van der Waals surface area contributed by atoms with E-state index in [1.54, 1.807) is 17.8 Å². The summed E-state index contributed by atoms with van der Waals surface area (Å²) in [5.41, 5.74) is 2.79. The van der Waals surface area contributed by atoms with Gasteiger partial charge in [0.1, 0.15) is 23.2 Å².